The maximum Gasteiger partial charge on any atom is 0.330 e. The molecule has 0 radical (unpaired) electrons. The van der Waals surface area contributed by atoms with Gasteiger partial charge in [0.1, 0.15) is 23.3 Å². The molecule has 3 N–H and O–H groups in total. The van der Waals surface area contributed by atoms with Gasteiger partial charge in [-0.2, -0.15) is 0 Å². The molecule has 2 aromatic carbocycles. The number of ether oxygens (including phenoxy) is 5. The largest absolute Gasteiger partial charge is 0.496 e. The number of benzene rings is 2. The average Bonchev–Trinajstić information content (AvgIpc) is 2.81. The normalized spacial score (nSPS) is 12.8. The van der Waals surface area contributed by atoms with Gasteiger partial charge in [0.25, 0.3) is 0 Å². The van der Waals surface area contributed by atoms with Crippen molar-refractivity contribution in [2.24, 2.45) is 5.73 Å². The van der Waals surface area contributed by atoms with E-state index in [1.165, 1.54) is 33.8 Å². The summed E-state index contributed by atoms with van der Waals surface area (Å²) in [4.78, 5) is 11.9. The number of hydrogen-bond acceptors (Lipinski definition) is 9. The lowest BCUT2D eigenvalue weighted by atomic mass is 10.1. The summed E-state index contributed by atoms with van der Waals surface area (Å²) in [6.45, 7) is -0.548. The summed E-state index contributed by atoms with van der Waals surface area (Å²) in [5, 5.41) is 10.5. The molecule has 0 aliphatic carbocycles. The van der Waals surface area contributed by atoms with Crippen molar-refractivity contribution in [1.82, 2.24) is 0 Å². The molecular weight excluding hydrogens is 438 g/mol. The summed E-state index contributed by atoms with van der Waals surface area (Å²) in [5.41, 5.74) is 6.74. The van der Waals surface area contributed by atoms with Crippen LogP contribution >= 0.6 is 0 Å². The molecule has 9 nitrogen and oxygen atoms in total. The summed E-state index contributed by atoms with van der Waals surface area (Å²) in [6.07, 6.45) is 1.65. The third-order valence-corrected chi connectivity index (χ3v) is 5.44. The van der Waals surface area contributed by atoms with Crippen LogP contribution in [0.5, 0.6) is 28.7 Å². The minimum Gasteiger partial charge on any atom is -0.496 e. The molecule has 0 spiro atoms. The van der Waals surface area contributed by atoms with Crippen LogP contribution in [0, 0.1) is 0 Å². The molecule has 0 bridgehead atoms. The van der Waals surface area contributed by atoms with Crippen LogP contribution in [0.2, 0.25) is 0 Å². The van der Waals surface area contributed by atoms with Gasteiger partial charge in [0.2, 0.25) is 0 Å². The zero-order valence-corrected chi connectivity index (χ0v) is 19.1. The molecule has 0 aromatic heterocycles. The summed E-state index contributed by atoms with van der Waals surface area (Å²) < 4.78 is 39.1. The van der Waals surface area contributed by atoms with Gasteiger partial charge in [-0.15, -0.1) is 0 Å². The van der Waals surface area contributed by atoms with Crippen molar-refractivity contribution in [3.63, 3.8) is 0 Å². The molecule has 32 heavy (non-hydrogen) atoms. The van der Waals surface area contributed by atoms with Crippen molar-refractivity contribution >= 4 is 22.8 Å². The zero-order chi connectivity index (χ0) is 23.7. The molecule has 0 amide bonds. The number of carbonyl (C=O) groups excluding carboxylic acids is 1. The average molecular weight is 466 g/mol. The van der Waals surface area contributed by atoms with Crippen molar-refractivity contribution in [1.29, 1.82) is 0 Å². The van der Waals surface area contributed by atoms with E-state index >= 15 is 0 Å². The number of aliphatic hydroxyl groups is 1. The molecule has 10 heteroatoms. The Kier molecular flexibility index (Phi) is 9.51. The molecule has 0 fully saturated rings. The fourth-order valence-electron chi connectivity index (χ4n) is 2.70. The summed E-state index contributed by atoms with van der Waals surface area (Å²) in [7, 11) is 4.59. The molecule has 1 unspecified atom stereocenters. The zero-order valence-electron chi connectivity index (χ0n) is 18.3. The number of nitrogens with two attached hydrogens (primary N) is 1. The van der Waals surface area contributed by atoms with Crippen LogP contribution < -0.4 is 29.4 Å². The van der Waals surface area contributed by atoms with E-state index in [1.54, 1.807) is 36.4 Å². The Balaban J connectivity index is 2.22. The van der Waals surface area contributed by atoms with Crippen molar-refractivity contribution in [3.05, 3.63) is 46.9 Å². The quantitative estimate of drug-likeness (QED) is 0.378. The lowest BCUT2D eigenvalue weighted by molar-refractivity contribution is -0.136. The fraction of sp³-hybridized carbons (Fsp3) is 0.318. The topological polar surface area (TPSA) is 127 Å². The van der Waals surface area contributed by atoms with Crippen molar-refractivity contribution < 1.29 is 37.8 Å². The minimum absolute atomic E-state index is 0.123. The second-order valence-corrected chi connectivity index (χ2v) is 7.79. The van der Waals surface area contributed by atoms with Gasteiger partial charge in [0.05, 0.1) is 57.2 Å². The predicted octanol–water partition coefficient (Wildman–Crippen LogP) is 1.87. The van der Waals surface area contributed by atoms with Crippen molar-refractivity contribution in [2.45, 2.75) is 11.8 Å². The maximum absolute atomic E-state index is 12.7. The molecule has 2 rings (SSSR count). The number of hydrogen-bond donors (Lipinski definition) is 2. The van der Waals surface area contributed by atoms with Crippen LogP contribution in [0.3, 0.4) is 0 Å². The third kappa shape index (κ3) is 6.46. The Hall–Kier alpha value is -3.08. The molecule has 0 aliphatic rings. The van der Waals surface area contributed by atoms with Gasteiger partial charge in [0.15, 0.2) is 11.5 Å². The Morgan fingerprint density at radius 3 is 2.16 bits per heavy atom. The van der Waals surface area contributed by atoms with Crippen LogP contribution in [-0.4, -0.2) is 56.4 Å². The first-order chi connectivity index (χ1) is 15.4. The molecule has 0 aliphatic heterocycles. The molecule has 0 saturated heterocycles. The van der Waals surface area contributed by atoms with Gasteiger partial charge < -0.3 is 34.5 Å². The van der Waals surface area contributed by atoms with Gasteiger partial charge in [-0.25, -0.2) is 4.79 Å². The SMILES string of the molecule is COc1cc(OC)c(/C=C/[S@](=O)Cc2ccc(OC)c(OC(=O)C(N)CO)c2)c(OC)c1. The van der Waals surface area contributed by atoms with Crippen molar-refractivity contribution in [3.8, 4) is 28.7 Å². The van der Waals surface area contributed by atoms with E-state index in [1.807, 2.05) is 0 Å². The third-order valence-electron chi connectivity index (χ3n) is 4.39. The second-order valence-electron chi connectivity index (χ2n) is 6.47. The Morgan fingerprint density at radius 2 is 1.62 bits per heavy atom. The highest BCUT2D eigenvalue weighted by Gasteiger charge is 2.18. The van der Waals surface area contributed by atoms with Crippen LogP contribution in [0.1, 0.15) is 11.1 Å². The highest BCUT2D eigenvalue weighted by molar-refractivity contribution is 7.87. The highest BCUT2D eigenvalue weighted by Crippen LogP contribution is 2.35. The van der Waals surface area contributed by atoms with E-state index in [-0.39, 0.29) is 11.5 Å². The lowest BCUT2D eigenvalue weighted by Gasteiger charge is -2.13. The van der Waals surface area contributed by atoms with Gasteiger partial charge in [0, 0.05) is 17.5 Å². The van der Waals surface area contributed by atoms with Crippen LogP contribution in [0.15, 0.2) is 35.7 Å². The molecular formula is C22H27NO8S. The number of aliphatic hydroxyl groups excluding tert-OH is 1. The van der Waals surface area contributed by atoms with Crippen LogP contribution in [0.4, 0.5) is 0 Å². The molecule has 0 saturated carbocycles. The number of carbonyl (C=O) groups is 1. The first kappa shape index (κ1) is 25.2. The first-order valence-corrected chi connectivity index (χ1v) is 10.8. The summed E-state index contributed by atoms with van der Waals surface area (Å²) >= 11 is 0. The van der Waals surface area contributed by atoms with E-state index < -0.39 is 29.4 Å². The van der Waals surface area contributed by atoms with E-state index in [0.717, 1.165) is 0 Å². The van der Waals surface area contributed by atoms with E-state index in [9.17, 15) is 9.00 Å². The van der Waals surface area contributed by atoms with Gasteiger partial charge in [-0.05, 0) is 23.8 Å². The van der Waals surface area contributed by atoms with Crippen LogP contribution in [0.25, 0.3) is 6.08 Å². The fourth-order valence-corrected chi connectivity index (χ4v) is 3.59. The second kappa shape index (κ2) is 12.1. The smallest absolute Gasteiger partial charge is 0.330 e. The predicted molar refractivity (Wildman–Crippen MR) is 121 cm³/mol. The number of rotatable bonds is 11. The van der Waals surface area contributed by atoms with Gasteiger partial charge in [-0.1, -0.05) is 6.07 Å². The Labute approximate surface area is 189 Å². The summed E-state index contributed by atoms with van der Waals surface area (Å²) in [6, 6.07) is 7.08. The minimum atomic E-state index is -1.41. The van der Waals surface area contributed by atoms with Gasteiger partial charge >= 0.3 is 5.97 Å². The maximum atomic E-state index is 12.7. The molecule has 2 aromatic rings. The van der Waals surface area contributed by atoms with E-state index in [2.05, 4.69) is 0 Å². The lowest BCUT2D eigenvalue weighted by Crippen LogP contribution is -2.37. The van der Waals surface area contributed by atoms with Crippen LogP contribution in [-0.2, 0) is 21.3 Å². The molecule has 2 atom stereocenters. The Bertz CT molecular complexity index is 967. The van der Waals surface area contributed by atoms with Crippen molar-refractivity contribution in [2.75, 3.05) is 35.0 Å². The highest BCUT2D eigenvalue weighted by atomic mass is 32.2. The molecule has 174 valence electrons. The first-order valence-electron chi connectivity index (χ1n) is 9.47. The monoisotopic (exact) mass is 465 g/mol. The Morgan fingerprint density at radius 1 is 1.00 bits per heavy atom. The molecule has 0 heterocycles. The van der Waals surface area contributed by atoms with E-state index in [0.29, 0.717) is 34.1 Å². The number of esters is 1. The van der Waals surface area contributed by atoms with Gasteiger partial charge in [-0.3, -0.25) is 4.21 Å². The summed E-state index contributed by atoms with van der Waals surface area (Å²) in [5.74, 6) is 1.36. The number of methoxy groups -OCH3 is 4. The standard InChI is InChI=1S/C22H27NO8S/c1-27-15-10-19(29-3)16(20(11-15)30-4)7-8-32(26)13-14-5-6-18(28-2)21(9-14)31-22(25)17(23)12-24/h5-11,17,24H,12-13,23H2,1-4H3/b8-7+/t17?,32-/m0/s1. The van der Waals surface area contributed by atoms with E-state index in [4.69, 9.17) is 34.5 Å².